The number of thiophene rings is 1. The molecule has 0 aliphatic carbocycles. The van der Waals surface area contributed by atoms with Crippen LogP contribution < -0.4 is 0 Å². The van der Waals surface area contributed by atoms with Gasteiger partial charge in [-0.05, 0) is 25.5 Å². The lowest BCUT2D eigenvalue weighted by molar-refractivity contribution is 0.0655. The van der Waals surface area contributed by atoms with Crippen molar-refractivity contribution in [3.05, 3.63) is 21.4 Å². The van der Waals surface area contributed by atoms with Crippen LogP contribution in [0.15, 0.2) is 6.07 Å². The molecular weight excluding hydrogens is 274 g/mol. The molecule has 1 saturated heterocycles. The molecule has 5 nitrogen and oxygen atoms in total. The van der Waals surface area contributed by atoms with Crippen LogP contribution in [0.1, 0.15) is 20.1 Å². The zero-order valence-corrected chi connectivity index (χ0v) is 13.3. The van der Waals surface area contributed by atoms with Gasteiger partial charge < -0.3 is 14.7 Å². The summed E-state index contributed by atoms with van der Waals surface area (Å²) in [5.74, 6) is 0.0863. The van der Waals surface area contributed by atoms with Crippen LogP contribution in [-0.4, -0.2) is 66.9 Å². The van der Waals surface area contributed by atoms with Crippen molar-refractivity contribution in [2.75, 3.05) is 40.3 Å². The van der Waals surface area contributed by atoms with Gasteiger partial charge in [0.15, 0.2) is 0 Å². The van der Waals surface area contributed by atoms with E-state index < -0.39 is 0 Å². The molecule has 1 fully saturated rings. The molecule has 0 aromatic carbocycles. The summed E-state index contributed by atoms with van der Waals surface area (Å²) >= 11 is 1.55. The van der Waals surface area contributed by atoms with Gasteiger partial charge in [0.1, 0.15) is 0 Å². The van der Waals surface area contributed by atoms with E-state index in [1.807, 2.05) is 24.8 Å². The Kier molecular flexibility index (Phi) is 4.32. The zero-order chi connectivity index (χ0) is 14.9. The normalized spacial score (nSPS) is 15.4. The predicted molar refractivity (Wildman–Crippen MR) is 80.4 cm³/mol. The largest absolute Gasteiger partial charge is 0.334 e. The number of aryl methyl sites for hydroxylation is 2. The smallest absolute Gasteiger partial charge is 0.319 e. The molecule has 1 aromatic heterocycles. The SMILES string of the molecule is Cc1cc(C(=O)N2CCN(C(=O)N(C)C)CC2)sc1C. The lowest BCUT2D eigenvalue weighted by Gasteiger charge is -2.35. The van der Waals surface area contributed by atoms with E-state index in [2.05, 4.69) is 0 Å². The summed E-state index contributed by atoms with van der Waals surface area (Å²) < 4.78 is 0. The van der Waals surface area contributed by atoms with Gasteiger partial charge in [-0.25, -0.2) is 4.79 Å². The van der Waals surface area contributed by atoms with Crippen LogP contribution in [0.4, 0.5) is 4.79 Å². The van der Waals surface area contributed by atoms with E-state index in [0.29, 0.717) is 26.2 Å². The van der Waals surface area contributed by atoms with Crippen molar-refractivity contribution < 1.29 is 9.59 Å². The Morgan fingerprint density at radius 1 is 1.10 bits per heavy atom. The predicted octanol–water partition coefficient (Wildman–Crippen LogP) is 1.80. The second-order valence-electron chi connectivity index (χ2n) is 5.31. The fourth-order valence-electron chi connectivity index (χ4n) is 2.22. The molecule has 1 aliphatic rings. The van der Waals surface area contributed by atoms with Crippen molar-refractivity contribution in [3.8, 4) is 0 Å². The van der Waals surface area contributed by atoms with E-state index in [1.165, 1.54) is 10.4 Å². The topological polar surface area (TPSA) is 43.9 Å². The van der Waals surface area contributed by atoms with Gasteiger partial charge in [-0.2, -0.15) is 0 Å². The molecule has 110 valence electrons. The van der Waals surface area contributed by atoms with Crippen molar-refractivity contribution >= 4 is 23.3 Å². The van der Waals surface area contributed by atoms with E-state index in [1.54, 1.807) is 35.2 Å². The third kappa shape index (κ3) is 2.95. The van der Waals surface area contributed by atoms with Gasteiger partial charge in [-0.1, -0.05) is 0 Å². The lowest BCUT2D eigenvalue weighted by Crippen LogP contribution is -2.52. The van der Waals surface area contributed by atoms with Crippen LogP contribution in [0.25, 0.3) is 0 Å². The number of carbonyl (C=O) groups is 2. The minimum Gasteiger partial charge on any atom is -0.334 e. The van der Waals surface area contributed by atoms with Crippen molar-refractivity contribution in [2.45, 2.75) is 13.8 Å². The van der Waals surface area contributed by atoms with E-state index in [9.17, 15) is 9.59 Å². The van der Waals surface area contributed by atoms with Crippen LogP contribution in [0, 0.1) is 13.8 Å². The first-order valence-electron chi connectivity index (χ1n) is 6.72. The number of hydrogen-bond donors (Lipinski definition) is 0. The average molecular weight is 295 g/mol. The number of hydrogen-bond acceptors (Lipinski definition) is 3. The minimum atomic E-state index is 0.0138. The summed E-state index contributed by atoms with van der Waals surface area (Å²) in [5, 5.41) is 0. The van der Waals surface area contributed by atoms with Gasteiger partial charge in [-0.3, -0.25) is 4.79 Å². The van der Waals surface area contributed by atoms with Gasteiger partial charge in [0.25, 0.3) is 5.91 Å². The van der Waals surface area contributed by atoms with Gasteiger partial charge in [0.2, 0.25) is 0 Å². The second-order valence-corrected chi connectivity index (χ2v) is 6.56. The van der Waals surface area contributed by atoms with Gasteiger partial charge in [0, 0.05) is 45.2 Å². The van der Waals surface area contributed by atoms with Crippen molar-refractivity contribution in [1.29, 1.82) is 0 Å². The number of urea groups is 1. The Morgan fingerprint density at radius 3 is 2.10 bits per heavy atom. The lowest BCUT2D eigenvalue weighted by atomic mass is 10.2. The minimum absolute atomic E-state index is 0.0138. The number of piperazine rings is 1. The maximum atomic E-state index is 12.4. The fraction of sp³-hybridized carbons (Fsp3) is 0.571. The maximum Gasteiger partial charge on any atom is 0.319 e. The second kappa shape index (κ2) is 5.83. The highest BCUT2D eigenvalue weighted by Crippen LogP contribution is 2.22. The summed E-state index contributed by atoms with van der Waals surface area (Å²) in [4.78, 5) is 31.4. The average Bonchev–Trinajstić information content (AvgIpc) is 2.77. The molecule has 2 rings (SSSR count). The summed E-state index contributed by atoms with van der Waals surface area (Å²) in [5.41, 5.74) is 1.17. The number of amides is 3. The summed E-state index contributed by atoms with van der Waals surface area (Å²) in [6, 6.07) is 1.97. The molecular formula is C14H21N3O2S. The molecule has 6 heteroatoms. The van der Waals surface area contributed by atoms with Crippen molar-refractivity contribution in [1.82, 2.24) is 14.7 Å². The van der Waals surface area contributed by atoms with Gasteiger partial charge in [-0.15, -0.1) is 11.3 Å². The highest BCUT2D eigenvalue weighted by Gasteiger charge is 2.26. The molecule has 20 heavy (non-hydrogen) atoms. The number of nitrogens with zero attached hydrogens (tertiary/aromatic N) is 3. The molecule has 3 amide bonds. The fourth-order valence-corrected chi connectivity index (χ4v) is 3.22. The Hall–Kier alpha value is -1.56. The molecule has 0 bridgehead atoms. The quantitative estimate of drug-likeness (QED) is 0.793. The van der Waals surface area contributed by atoms with E-state index >= 15 is 0 Å². The molecule has 0 radical (unpaired) electrons. The van der Waals surface area contributed by atoms with Crippen LogP contribution >= 0.6 is 11.3 Å². The van der Waals surface area contributed by atoms with E-state index in [-0.39, 0.29) is 11.9 Å². The Balaban J connectivity index is 1.97. The zero-order valence-electron chi connectivity index (χ0n) is 12.5. The Morgan fingerprint density at radius 2 is 1.65 bits per heavy atom. The van der Waals surface area contributed by atoms with Crippen LogP contribution in [0.3, 0.4) is 0 Å². The highest BCUT2D eigenvalue weighted by atomic mass is 32.1. The molecule has 0 saturated carbocycles. The van der Waals surface area contributed by atoms with Crippen LogP contribution in [0.2, 0.25) is 0 Å². The number of rotatable bonds is 1. The third-order valence-corrected chi connectivity index (χ3v) is 4.74. The summed E-state index contributed by atoms with van der Waals surface area (Å²) in [6.45, 7) is 6.47. The monoisotopic (exact) mass is 295 g/mol. The molecule has 2 heterocycles. The maximum absolute atomic E-state index is 12.4. The first kappa shape index (κ1) is 14.8. The highest BCUT2D eigenvalue weighted by molar-refractivity contribution is 7.14. The van der Waals surface area contributed by atoms with Crippen LogP contribution in [-0.2, 0) is 0 Å². The first-order chi connectivity index (χ1) is 9.40. The first-order valence-corrected chi connectivity index (χ1v) is 7.54. The molecule has 1 aromatic rings. The number of carbonyl (C=O) groups excluding carboxylic acids is 2. The van der Waals surface area contributed by atoms with Gasteiger partial charge >= 0.3 is 6.03 Å². The molecule has 1 aliphatic heterocycles. The molecule has 0 N–H and O–H groups in total. The van der Waals surface area contributed by atoms with Crippen molar-refractivity contribution in [3.63, 3.8) is 0 Å². The van der Waals surface area contributed by atoms with Crippen LogP contribution in [0.5, 0.6) is 0 Å². The molecule has 0 unspecified atom stereocenters. The standard InChI is InChI=1S/C14H21N3O2S/c1-10-9-12(20-11(10)2)13(18)16-5-7-17(8-6-16)14(19)15(3)4/h9H,5-8H2,1-4H3. The van der Waals surface area contributed by atoms with Gasteiger partial charge in [0.05, 0.1) is 4.88 Å². The third-order valence-electron chi connectivity index (χ3n) is 3.60. The Labute approximate surface area is 123 Å². The molecule has 0 spiro atoms. The summed E-state index contributed by atoms with van der Waals surface area (Å²) in [6.07, 6.45) is 0. The molecule has 0 atom stereocenters. The Bertz CT molecular complexity index is 497. The van der Waals surface area contributed by atoms with Crippen molar-refractivity contribution in [2.24, 2.45) is 0 Å². The van der Waals surface area contributed by atoms with E-state index in [4.69, 9.17) is 0 Å². The van der Waals surface area contributed by atoms with E-state index in [0.717, 1.165) is 4.88 Å². The summed E-state index contributed by atoms with van der Waals surface area (Å²) in [7, 11) is 3.49.